The van der Waals surface area contributed by atoms with E-state index in [2.05, 4.69) is 4.98 Å². The van der Waals surface area contributed by atoms with Gasteiger partial charge < -0.3 is 15.9 Å². The summed E-state index contributed by atoms with van der Waals surface area (Å²) in [6.07, 6.45) is 0. The molecule has 1 aromatic rings. The monoisotopic (exact) mass is 209 g/mol. The number of nitrogens with two attached hydrogens (primary N) is 1. The van der Waals surface area contributed by atoms with Crippen molar-refractivity contribution < 1.29 is 4.74 Å². The fourth-order valence-corrected chi connectivity index (χ4v) is 1.12. The van der Waals surface area contributed by atoms with Gasteiger partial charge in [-0.1, -0.05) is 13.8 Å². The Balaban J connectivity index is 0.000000921. The lowest BCUT2D eigenvalue weighted by atomic mass is 10.2. The Bertz CT molecular complexity index is 348. The number of hydrogen-bond donors (Lipinski definition) is 2. The van der Waals surface area contributed by atoms with Crippen molar-refractivity contribution >= 4 is 11.4 Å². The fourth-order valence-electron chi connectivity index (χ4n) is 1.12. The summed E-state index contributed by atoms with van der Waals surface area (Å²) < 4.78 is 5.03. The number of pyridine rings is 1. The molecule has 4 nitrogen and oxygen atoms in total. The summed E-state index contributed by atoms with van der Waals surface area (Å²) in [4.78, 5) is 4.12. The molecule has 1 rings (SSSR count). The van der Waals surface area contributed by atoms with E-state index in [9.17, 15) is 0 Å². The maximum atomic E-state index is 7.42. The molecule has 0 unspecified atom stereocenters. The van der Waals surface area contributed by atoms with Crippen LogP contribution in [0, 0.1) is 12.3 Å². The van der Waals surface area contributed by atoms with Gasteiger partial charge in [0.1, 0.15) is 5.69 Å². The van der Waals surface area contributed by atoms with E-state index >= 15 is 0 Å². The van der Waals surface area contributed by atoms with E-state index in [1.54, 1.807) is 20.1 Å². The second-order valence-corrected chi connectivity index (χ2v) is 2.88. The number of nitrogen functional groups attached to an aromatic ring is 1. The summed E-state index contributed by atoms with van der Waals surface area (Å²) in [5.74, 6) is 0.524. The Kier molecular flexibility index (Phi) is 5.37. The van der Waals surface area contributed by atoms with Crippen LogP contribution in [0.3, 0.4) is 0 Å². The second-order valence-electron chi connectivity index (χ2n) is 2.88. The van der Waals surface area contributed by atoms with Gasteiger partial charge in [0.05, 0.1) is 18.5 Å². The van der Waals surface area contributed by atoms with Crippen LogP contribution in [0.5, 0.6) is 5.88 Å². The summed E-state index contributed by atoms with van der Waals surface area (Å²) in [7, 11) is 1.55. The fraction of sp³-hybridized carbons (Fsp3) is 0.455. The van der Waals surface area contributed by atoms with Crippen molar-refractivity contribution in [3.8, 4) is 5.88 Å². The molecule has 0 bridgehead atoms. The Hall–Kier alpha value is -1.58. The molecular weight excluding hydrogens is 190 g/mol. The normalized spacial score (nSPS) is 8.87. The van der Waals surface area contributed by atoms with Crippen LogP contribution in [0.1, 0.15) is 32.0 Å². The highest BCUT2D eigenvalue weighted by atomic mass is 16.5. The minimum Gasteiger partial charge on any atom is -0.481 e. The van der Waals surface area contributed by atoms with Crippen LogP contribution in [0.4, 0.5) is 5.69 Å². The van der Waals surface area contributed by atoms with E-state index in [-0.39, 0.29) is 0 Å². The molecule has 0 aliphatic rings. The third-order valence-corrected chi connectivity index (χ3v) is 1.74. The summed E-state index contributed by atoms with van der Waals surface area (Å²) >= 11 is 0. The molecule has 0 saturated heterocycles. The molecular formula is C11H19N3O. The first-order chi connectivity index (χ1) is 7.06. The highest BCUT2D eigenvalue weighted by molar-refractivity contribution is 5.99. The number of anilines is 1. The lowest BCUT2D eigenvalue weighted by Gasteiger charge is -2.08. The molecule has 84 valence electrons. The van der Waals surface area contributed by atoms with Crippen LogP contribution < -0.4 is 10.5 Å². The quantitative estimate of drug-likeness (QED) is 0.734. The van der Waals surface area contributed by atoms with Crippen molar-refractivity contribution in [2.75, 3.05) is 12.8 Å². The second kappa shape index (κ2) is 6.01. The Morgan fingerprint density at radius 3 is 2.40 bits per heavy atom. The summed E-state index contributed by atoms with van der Waals surface area (Å²) in [5, 5.41) is 7.42. The van der Waals surface area contributed by atoms with E-state index in [1.165, 1.54) is 0 Å². The van der Waals surface area contributed by atoms with E-state index in [0.717, 1.165) is 5.56 Å². The minimum atomic E-state index is 0.343. The largest absolute Gasteiger partial charge is 0.481 e. The van der Waals surface area contributed by atoms with E-state index in [1.807, 2.05) is 20.8 Å². The van der Waals surface area contributed by atoms with Gasteiger partial charge in [-0.25, -0.2) is 4.98 Å². The van der Waals surface area contributed by atoms with Crippen LogP contribution in [-0.4, -0.2) is 17.8 Å². The topological polar surface area (TPSA) is 72.0 Å². The first kappa shape index (κ1) is 13.4. The minimum absolute atomic E-state index is 0.343. The van der Waals surface area contributed by atoms with E-state index in [4.69, 9.17) is 15.9 Å². The highest BCUT2D eigenvalue weighted by Crippen LogP contribution is 2.20. The molecule has 15 heavy (non-hydrogen) atoms. The lowest BCUT2D eigenvalue weighted by Crippen LogP contribution is -2.05. The van der Waals surface area contributed by atoms with Crippen LogP contribution >= 0.6 is 0 Å². The van der Waals surface area contributed by atoms with Gasteiger partial charge in [-0.05, 0) is 19.9 Å². The lowest BCUT2D eigenvalue weighted by molar-refractivity contribution is 0.394. The van der Waals surface area contributed by atoms with Gasteiger partial charge in [-0.2, -0.15) is 0 Å². The van der Waals surface area contributed by atoms with Crippen molar-refractivity contribution in [1.29, 1.82) is 5.41 Å². The van der Waals surface area contributed by atoms with Crippen molar-refractivity contribution in [3.63, 3.8) is 0 Å². The number of aromatic nitrogens is 1. The first-order valence-corrected chi connectivity index (χ1v) is 4.93. The average molecular weight is 209 g/mol. The predicted molar refractivity (Wildman–Crippen MR) is 63.8 cm³/mol. The van der Waals surface area contributed by atoms with E-state index in [0.29, 0.717) is 23.0 Å². The molecule has 0 aliphatic carbocycles. The number of aryl methyl sites for hydroxylation is 1. The molecule has 3 N–H and O–H groups in total. The predicted octanol–water partition coefficient (Wildman–Crippen LogP) is 2.39. The summed E-state index contributed by atoms with van der Waals surface area (Å²) in [6, 6.07) is 1.76. The highest BCUT2D eigenvalue weighted by Gasteiger charge is 2.08. The van der Waals surface area contributed by atoms with Gasteiger partial charge in [0.15, 0.2) is 0 Å². The van der Waals surface area contributed by atoms with Crippen LogP contribution in [-0.2, 0) is 0 Å². The third kappa shape index (κ3) is 3.23. The molecule has 0 spiro atoms. The van der Waals surface area contributed by atoms with Crippen LogP contribution in [0.25, 0.3) is 0 Å². The van der Waals surface area contributed by atoms with Crippen molar-refractivity contribution in [1.82, 2.24) is 4.98 Å². The van der Waals surface area contributed by atoms with Crippen LogP contribution in [0.2, 0.25) is 0 Å². The maximum Gasteiger partial charge on any atom is 0.216 e. The molecule has 0 fully saturated rings. The number of nitrogens with one attached hydrogen (secondary N) is 1. The number of hydrogen-bond acceptors (Lipinski definition) is 4. The third-order valence-electron chi connectivity index (χ3n) is 1.74. The van der Waals surface area contributed by atoms with Crippen molar-refractivity contribution in [3.05, 3.63) is 17.3 Å². The Morgan fingerprint density at radius 1 is 1.47 bits per heavy atom. The number of methoxy groups -OCH3 is 1. The number of nitrogens with zero attached hydrogens (tertiary/aromatic N) is 1. The van der Waals surface area contributed by atoms with Gasteiger partial charge in [-0.3, -0.25) is 0 Å². The zero-order valence-corrected chi connectivity index (χ0v) is 10.0. The SMILES string of the molecule is CC.COc1nc(C(C)=N)c(N)cc1C. The van der Waals surface area contributed by atoms with Gasteiger partial charge in [0, 0.05) is 5.56 Å². The first-order valence-electron chi connectivity index (χ1n) is 4.93. The van der Waals surface area contributed by atoms with Gasteiger partial charge in [0.25, 0.3) is 0 Å². The van der Waals surface area contributed by atoms with E-state index < -0.39 is 0 Å². The molecule has 0 aliphatic heterocycles. The van der Waals surface area contributed by atoms with Crippen LogP contribution in [0.15, 0.2) is 6.07 Å². The van der Waals surface area contributed by atoms with Gasteiger partial charge in [-0.15, -0.1) is 0 Å². The summed E-state index contributed by atoms with van der Waals surface area (Å²) in [6.45, 7) is 7.51. The smallest absolute Gasteiger partial charge is 0.216 e. The standard InChI is InChI=1S/C9H13N3O.C2H6/c1-5-4-7(11)8(6(2)10)12-9(5)13-3;1-2/h4,10H,11H2,1-3H3;1-2H3. The van der Waals surface area contributed by atoms with Gasteiger partial charge >= 0.3 is 0 Å². The summed E-state index contributed by atoms with van der Waals surface area (Å²) in [5.41, 5.74) is 7.92. The molecule has 0 saturated carbocycles. The number of rotatable bonds is 2. The van der Waals surface area contributed by atoms with Gasteiger partial charge in [0.2, 0.25) is 5.88 Å². The Labute approximate surface area is 91.0 Å². The number of ether oxygens (including phenoxy) is 1. The maximum absolute atomic E-state index is 7.42. The van der Waals surface area contributed by atoms with Crippen molar-refractivity contribution in [2.45, 2.75) is 27.7 Å². The zero-order valence-electron chi connectivity index (χ0n) is 10.0. The average Bonchev–Trinajstić information content (AvgIpc) is 2.20. The molecule has 0 aromatic carbocycles. The molecule has 4 heteroatoms. The molecule has 0 radical (unpaired) electrons. The molecule has 0 amide bonds. The molecule has 0 atom stereocenters. The molecule has 1 aromatic heterocycles. The zero-order chi connectivity index (χ0) is 12.0. The molecule has 1 heterocycles. The Morgan fingerprint density at radius 2 is 2.00 bits per heavy atom. The van der Waals surface area contributed by atoms with Crippen molar-refractivity contribution in [2.24, 2.45) is 0 Å².